The topological polar surface area (TPSA) is 20.2 Å². The second kappa shape index (κ2) is 3.79. The van der Waals surface area contributed by atoms with E-state index in [1.165, 1.54) is 12.1 Å². The summed E-state index contributed by atoms with van der Waals surface area (Å²) < 4.78 is 36.9. The third-order valence-electron chi connectivity index (χ3n) is 2.40. The van der Waals surface area contributed by atoms with Gasteiger partial charge in [-0.2, -0.15) is 13.2 Å². The molecule has 16 heavy (non-hydrogen) atoms. The second-order valence-corrected chi connectivity index (χ2v) is 3.55. The molecule has 0 saturated carbocycles. The number of halogens is 3. The van der Waals surface area contributed by atoms with E-state index in [9.17, 15) is 13.2 Å². The molecule has 0 radical (unpaired) electrons. The van der Waals surface area contributed by atoms with Gasteiger partial charge in [-0.3, -0.25) is 0 Å². The number of alkyl halides is 3. The van der Waals surface area contributed by atoms with Crippen molar-refractivity contribution in [2.45, 2.75) is 12.3 Å². The maximum Gasteiger partial charge on any atom is 0.418 e. The zero-order valence-corrected chi connectivity index (χ0v) is 8.20. The van der Waals surface area contributed by atoms with E-state index in [0.717, 1.165) is 5.39 Å². The SMILES string of the molecule is OC(c1ccc2ccccc2c1)C(F)(F)F. The minimum atomic E-state index is -4.62. The average molecular weight is 226 g/mol. The Hall–Kier alpha value is -1.55. The van der Waals surface area contributed by atoms with Crippen LogP contribution in [0.4, 0.5) is 13.2 Å². The van der Waals surface area contributed by atoms with Gasteiger partial charge in [0.05, 0.1) is 0 Å². The lowest BCUT2D eigenvalue weighted by Gasteiger charge is -2.15. The Labute approximate surface area is 90.1 Å². The molecule has 0 heterocycles. The van der Waals surface area contributed by atoms with Crippen LogP contribution in [0.1, 0.15) is 11.7 Å². The fourth-order valence-electron chi connectivity index (χ4n) is 1.57. The minimum absolute atomic E-state index is 0.133. The fourth-order valence-corrected chi connectivity index (χ4v) is 1.57. The Balaban J connectivity index is 2.47. The van der Waals surface area contributed by atoms with Crippen LogP contribution in [0.25, 0.3) is 10.8 Å². The van der Waals surface area contributed by atoms with Crippen LogP contribution in [0.15, 0.2) is 42.5 Å². The van der Waals surface area contributed by atoms with E-state index in [2.05, 4.69) is 0 Å². The first-order chi connectivity index (χ1) is 7.48. The molecule has 2 aromatic carbocycles. The molecule has 2 rings (SSSR count). The first-order valence-electron chi connectivity index (χ1n) is 4.72. The number of hydrogen-bond donors (Lipinski definition) is 1. The van der Waals surface area contributed by atoms with E-state index < -0.39 is 12.3 Å². The van der Waals surface area contributed by atoms with Crippen molar-refractivity contribution < 1.29 is 18.3 Å². The normalized spacial score (nSPS) is 14.0. The van der Waals surface area contributed by atoms with Crippen LogP contribution in [0.5, 0.6) is 0 Å². The summed E-state index contributed by atoms with van der Waals surface area (Å²) in [6, 6.07) is 11.3. The molecule has 0 saturated heterocycles. The molecule has 0 amide bonds. The highest BCUT2D eigenvalue weighted by atomic mass is 19.4. The van der Waals surface area contributed by atoms with Crippen LogP contribution in [0.3, 0.4) is 0 Å². The van der Waals surface area contributed by atoms with Crippen molar-refractivity contribution in [2.75, 3.05) is 0 Å². The summed E-state index contributed by atoms with van der Waals surface area (Å²) in [5.74, 6) is 0. The molecule has 0 aliphatic rings. The molecular formula is C12H9F3O. The van der Waals surface area contributed by atoms with Gasteiger partial charge in [0.1, 0.15) is 0 Å². The van der Waals surface area contributed by atoms with Crippen LogP contribution < -0.4 is 0 Å². The van der Waals surface area contributed by atoms with Gasteiger partial charge in [-0.05, 0) is 22.4 Å². The van der Waals surface area contributed by atoms with Crippen LogP contribution in [-0.2, 0) is 0 Å². The lowest BCUT2D eigenvalue weighted by atomic mass is 10.0. The first-order valence-corrected chi connectivity index (χ1v) is 4.72. The highest BCUT2D eigenvalue weighted by Crippen LogP contribution is 2.33. The lowest BCUT2D eigenvalue weighted by molar-refractivity contribution is -0.206. The Kier molecular flexibility index (Phi) is 2.59. The summed E-state index contributed by atoms with van der Waals surface area (Å²) in [7, 11) is 0. The fraction of sp³-hybridized carbons (Fsp3) is 0.167. The smallest absolute Gasteiger partial charge is 0.379 e. The van der Waals surface area contributed by atoms with E-state index in [1.54, 1.807) is 24.3 Å². The molecule has 2 aromatic rings. The second-order valence-electron chi connectivity index (χ2n) is 3.55. The number of benzene rings is 2. The van der Waals surface area contributed by atoms with Gasteiger partial charge >= 0.3 is 6.18 Å². The molecule has 0 aliphatic heterocycles. The van der Waals surface area contributed by atoms with Gasteiger partial charge in [-0.15, -0.1) is 0 Å². The van der Waals surface area contributed by atoms with Gasteiger partial charge in [0.15, 0.2) is 6.10 Å². The number of aliphatic hydroxyl groups excluding tert-OH is 1. The maximum atomic E-state index is 12.3. The molecule has 0 spiro atoms. The van der Waals surface area contributed by atoms with E-state index in [1.807, 2.05) is 6.07 Å². The third kappa shape index (κ3) is 2.02. The van der Waals surface area contributed by atoms with Crippen LogP contribution in [-0.4, -0.2) is 11.3 Å². The molecule has 0 aromatic heterocycles. The van der Waals surface area contributed by atoms with Crippen molar-refractivity contribution >= 4 is 10.8 Å². The monoisotopic (exact) mass is 226 g/mol. The molecule has 1 nitrogen and oxygen atoms in total. The van der Waals surface area contributed by atoms with Crippen molar-refractivity contribution in [3.05, 3.63) is 48.0 Å². The predicted octanol–water partition coefficient (Wildman–Crippen LogP) is 3.44. The molecule has 1 atom stereocenters. The minimum Gasteiger partial charge on any atom is -0.379 e. The van der Waals surface area contributed by atoms with Crippen LogP contribution in [0.2, 0.25) is 0 Å². The third-order valence-corrected chi connectivity index (χ3v) is 2.40. The summed E-state index contributed by atoms with van der Waals surface area (Å²) >= 11 is 0. The highest BCUT2D eigenvalue weighted by molar-refractivity contribution is 5.83. The number of hydrogen-bond acceptors (Lipinski definition) is 1. The summed E-state index contributed by atoms with van der Waals surface area (Å²) in [5.41, 5.74) is -0.133. The van der Waals surface area contributed by atoms with Gasteiger partial charge in [-0.1, -0.05) is 36.4 Å². The van der Waals surface area contributed by atoms with Gasteiger partial charge in [0, 0.05) is 0 Å². The standard InChI is InChI=1S/C12H9F3O/c13-12(14,15)11(16)10-6-5-8-3-1-2-4-9(8)7-10/h1-7,11,16H. The number of fused-ring (bicyclic) bond motifs is 1. The van der Waals surface area contributed by atoms with Gasteiger partial charge in [0.25, 0.3) is 0 Å². The van der Waals surface area contributed by atoms with E-state index >= 15 is 0 Å². The van der Waals surface area contributed by atoms with Crippen LogP contribution >= 0.6 is 0 Å². The Morgan fingerprint density at radius 3 is 2.19 bits per heavy atom. The van der Waals surface area contributed by atoms with Crippen molar-refractivity contribution in [3.63, 3.8) is 0 Å². The first kappa shape index (κ1) is 11.0. The molecule has 1 N–H and O–H groups in total. The van der Waals surface area contributed by atoms with Crippen molar-refractivity contribution in [1.82, 2.24) is 0 Å². The molecule has 0 fully saturated rings. The van der Waals surface area contributed by atoms with E-state index in [0.29, 0.717) is 5.39 Å². The number of aliphatic hydroxyl groups is 1. The number of rotatable bonds is 1. The van der Waals surface area contributed by atoms with E-state index in [-0.39, 0.29) is 5.56 Å². The lowest BCUT2D eigenvalue weighted by Crippen LogP contribution is -2.20. The molecule has 0 bridgehead atoms. The summed E-state index contributed by atoms with van der Waals surface area (Å²) in [4.78, 5) is 0. The predicted molar refractivity (Wildman–Crippen MR) is 55.0 cm³/mol. The Morgan fingerprint density at radius 2 is 1.56 bits per heavy atom. The van der Waals surface area contributed by atoms with Gasteiger partial charge in [-0.25, -0.2) is 0 Å². The molecule has 84 valence electrons. The maximum absolute atomic E-state index is 12.3. The van der Waals surface area contributed by atoms with Gasteiger partial charge in [0.2, 0.25) is 0 Å². The van der Waals surface area contributed by atoms with Crippen molar-refractivity contribution in [3.8, 4) is 0 Å². The molecule has 1 unspecified atom stereocenters. The zero-order chi connectivity index (χ0) is 11.8. The molecular weight excluding hydrogens is 217 g/mol. The highest BCUT2D eigenvalue weighted by Gasteiger charge is 2.39. The molecule has 0 aliphatic carbocycles. The quantitative estimate of drug-likeness (QED) is 0.789. The zero-order valence-electron chi connectivity index (χ0n) is 8.20. The summed E-state index contributed by atoms with van der Waals surface area (Å²) in [6.07, 6.45) is -7.04. The Morgan fingerprint density at radius 1 is 0.938 bits per heavy atom. The average Bonchev–Trinajstić information content (AvgIpc) is 2.26. The summed E-state index contributed by atoms with van der Waals surface area (Å²) in [5, 5.41) is 10.6. The molecule has 4 heteroatoms. The van der Waals surface area contributed by atoms with E-state index in [4.69, 9.17) is 5.11 Å². The summed E-state index contributed by atoms with van der Waals surface area (Å²) in [6.45, 7) is 0. The Bertz CT molecular complexity index is 505. The van der Waals surface area contributed by atoms with Crippen molar-refractivity contribution in [2.24, 2.45) is 0 Å². The van der Waals surface area contributed by atoms with Crippen molar-refractivity contribution in [1.29, 1.82) is 0 Å². The van der Waals surface area contributed by atoms with Gasteiger partial charge < -0.3 is 5.11 Å². The largest absolute Gasteiger partial charge is 0.418 e. The van der Waals surface area contributed by atoms with Crippen LogP contribution in [0, 0.1) is 0 Å².